The van der Waals surface area contributed by atoms with E-state index in [0.717, 1.165) is 19.6 Å². The summed E-state index contributed by atoms with van der Waals surface area (Å²) in [5.41, 5.74) is 2.84. The molecule has 2 atom stereocenters. The Bertz CT molecular complexity index is 400. The zero-order valence-corrected chi connectivity index (χ0v) is 12.8. The van der Waals surface area contributed by atoms with Crippen LogP contribution in [0.25, 0.3) is 0 Å². The lowest BCUT2D eigenvalue weighted by Gasteiger charge is -2.33. The van der Waals surface area contributed by atoms with Crippen molar-refractivity contribution in [3.63, 3.8) is 0 Å². The van der Waals surface area contributed by atoms with Crippen molar-refractivity contribution in [2.75, 3.05) is 24.5 Å². The fraction of sp³-hybridized carbons (Fsp3) is 0.647. The Labute approximate surface area is 118 Å². The molecule has 2 rings (SSSR count). The van der Waals surface area contributed by atoms with Gasteiger partial charge in [-0.05, 0) is 49.4 Å². The second-order valence-corrected chi connectivity index (χ2v) is 6.40. The van der Waals surface area contributed by atoms with Crippen LogP contribution in [-0.2, 0) is 0 Å². The highest BCUT2D eigenvalue weighted by molar-refractivity contribution is 5.49. The summed E-state index contributed by atoms with van der Waals surface area (Å²) >= 11 is 0. The molecule has 0 spiro atoms. The third kappa shape index (κ3) is 3.97. The maximum absolute atomic E-state index is 3.61. The Morgan fingerprint density at radius 3 is 2.79 bits per heavy atom. The summed E-state index contributed by atoms with van der Waals surface area (Å²) < 4.78 is 0. The van der Waals surface area contributed by atoms with Crippen molar-refractivity contribution in [2.24, 2.45) is 5.92 Å². The molecule has 2 nitrogen and oxygen atoms in total. The zero-order valence-electron chi connectivity index (χ0n) is 12.8. The molecule has 1 N–H and O–H groups in total. The standard InChI is InChI=1S/C17H28N2/c1-13(2)16-6-5-7-17(10-16)19-9-8-15(4)18-11-14(3)12-19/h5-7,10,13-15,18H,8-9,11-12H2,1-4H3. The van der Waals surface area contributed by atoms with Crippen molar-refractivity contribution < 1.29 is 0 Å². The smallest absolute Gasteiger partial charge is 0.0369 e. The maximum Gasteiger partial charge on any atom is 0.0369 e. The van der Waals surface area contributed by atoms with E-state index in [2.05, 4.69) is 62.2 Å². The first-order valence-electron chi connectivity index (χ1n) is 7.64. The summed E-state index contributed by atoms with van der Waals surface area (Å²) in [4.78, 5) is 2.56. The first kappa shape index (κ1) is 14.4. The first-order valence-corrected chi connectivity index (χ1v) is 7.64. The molecule has 1 fully saturated rings. The molecule has 0 aliphatic carbocycles. The van der Waals surface area contributed by atoms with E-state index < -0.39 is 0 Å². The topological polar surface area (TPSA) is 15.3 Å². The Balaban J connectivity index is 2.15. The van der Waals surface area contributed by atoms with Gasteiger partial charge in [0.1, 0.15) is 0 Å². The van der Waals surface area contributed by atoms with Gasteiger partial charge in [-0.15, -0.1) is 0 Å². The molecule has 0 saturated carbocycles. The van der Waals surface area contributed by atoms with Crippen molar-refractivity contribution in [3.8, 4) is 0 Å². The van der Waals surface area contributed by atoms with Gasteiger partial charge < -0.3 is 10.2 Å². The second kappa shape index (κ2) is 6.42. The number of rotatable bonds is 2. The average molecular weight is 260 g/mol. The van der Waals surface area contributed by atoms with Gasteiger partial charge >= 0.3 is 0 Å². The Morgan fingerprint density at radius 1 is 1.26 bits per heavy atom. The van der Waals surface area contributed by atoms with Gasteiger partial charge in [0, 0.05) is 24.8 Å². The molecule has 1 saturated heterocycles. The molecule has 0 radical (unpaired) electrons. The van der Waals surface area contributed by atoms with Crippen LogP contribution in [0.5, 0.6) is 0 Å². The van der Waals surface area contributed by atoms with Gasteiger partial charge in [-0.1, -0.05) is 32.9 Å². The first-order chi connectivity index (χ1) is 9.06. The number of benzene rings is 1. The molecule has 1 aromatic rings. The fourth-order valence-corrected chi connectivity index (χ4v) is 2.70. The normalized spacial score (nSPS) is 25.2. The van der Waals surface area contributed by atoms with Crippen molar-refractivity contribution in [1.82, 2.24) is 5.32 Å². The van der Waals surface area contributed by atoms with Crippen LogP contribution in [0.2, 0.25) is 0 Å². The summed E-state index contributed by atoms with van der Waals surface area (Å²) in [6, 6.07) is 9.70. The molecule has 1 aliphatic heterocycles. The summed E-state index contributed by atoms with van der Waals surface area (Å²) in [6.45, 7) is 12.6. The number of nitrogens with one attached hydrogen (secondary N) is 1. The molecule has 106 valence electrons. The number of anilines is 1. The van der Waals surface area contributed by atoms with Crippen LogP contribution in [0.4, 0.5) is 5.69 Å². The minimum atomic E-state index is 0.604. The molecule has 0 aromatic heterocycles. The molecule has 2 unspecified atom stereocenters. The highest BCUT2D eigenvalue weighted by Crippen LogP contribution is 2.23. The van der Waals surface area contributed by atoms with Crippen molar-refractivity contribution in [2.45, 2.75) is 46.1 Å². The Kier molecular flexibility index (Phi) is 4.87. The third-order valence-electron chi connectivity index (χ3n) is 4.08. The predicted octanol–water partition coefficient (Wildman–Crippen LogP) is 3.63. The van der Waals surface area contributed by atoms with Gasteiger partial charge in [0.25, 0.3) is 0 Å². The molecule has 0 amide bonds. The van der Waals surface area contributed by atoms with E-state index in [4.69, 9.17) is 0 Å². The number of hydrogen-bond acceptors (Lipinski definition) is 2. The molecule has 1 aliphatic rings. The summed E-state index contributed by atoms with van der Waals surface area (Å²) in [5.74, 6) is 1.30. The van der Waals surface area contributed by atoms with Gasteiger partial charge in [-0.2, -0.15) is 0 Å². The molecule has 2 heteroatoms. The molecule has 19 heavy (non-hydrogen) atoms. The minimum Gasteiger partial charge on any atom is -0.371 e. The van der Waals surface area contributed by atoms with Crippen LogP contribution < -0.4 is 10.2 Å². The molecule has 0 bridgehead atoms. The monoisotopic (exact) mass is 260 g/mol. The largest absolute Gasteiger partial charge is 0.371 e. The van der Waals surface area contributed by atoms with E-state index in [9.17, 15) is 0 Å². The van der Waals surface area contributed by atoms with E-state index in [-0.39, 0.29) is 0 Å². The molecular weight excluding hydrogens is 232 g/mol. The average Bonchev–Trinajstić information content (AvgIpc) is 2.39. The summed E-state index contributed by atoms with van der Waals surface area (Å²) in [5, 5.41) is 3.61. The van der Waals surface area contributed by atoms with Crippen LogP contribution in [0.1, 0.15) is 45.6 Å². The lowest BCUT2D eigenvalue weighted by Crippen LogP contribution is -2.42. The van der Waals surface area contributed by atoms with E-state index in [0.29, 0.717) is 17.9 Å². The highest BCUT2D eigenvalue weighted by atomic mass is 15.1. The van der Waals surface area contributed by atoms with Gasteiger partial charge in [0.15, 0.2) is 0 Å². The summed E-state index contributed by atoms with van der Waals surface area (Å²) in [6.07, 6.45) is 1.22. The second-order valence-electron chi connectivity index (χ2n) is 6.40. The minimum absolute atomic E-state index is 0.604. The Morgan fingerprint density at radius 2 is 2.05 bits per heavy atom. The van der Waals surface area contributed by atoms with Crippen LogP contribution in [0, 0.1) is 5.92 Å². The van der Waals surface area contributed by atoms with E-state index >= 15 is 0 Å². The maximum atomic E-state index is 3.61. The predicted molar refractivity (Wildman–Crippen MR) is 84.0 cm³/mol. The lowest BCUT2D eigenvalue weighted by molar-refractivity contribution is 0.411. The summed E-state index contributed by atoms with van der Waals surface area (Å²) in [7, 11) is 0. The lowest BCUT2D eigenvalue weighted by atomic mass is 10.0. The van der Waals surface area contributed by atoms with Gasteiger partial charge in [0.05, 0.1) is 0 Å². The fourth-order valence-electron chi connectivity index (χ4n) is 2.70. The highest BCUT2D eigenvalue weighted by Gasteiger charge is 2.17. The van der Waals surface area contributed by atoms with Crippen LogP contribution >= 0.6 is 0 Å². The zero-order chi connectivity index (χ0) is 13.8. The number of nitrogens with zero attached hydrogens (tertiary/aromatic N) is 1. The van der Waals surface area contributed by atoms with Gasteiger partial charge in [0.2, 0.25) is 0 Å². The Hall–Kier alpha value is -1.02. The van der Waals surface area contributed by atoms with E-state index in [1.54, 1.807) is 0 Å². The van der Waals surface area contributed by atoms with E-state index in [1.165, 1.54) is 17.7 Å². The van der Waals surface area contributed by atoms with Crippen molar-refractivity contribution in [1.29, 1.82) is 0 Å². The molecule has 1 aromatic carbocycles. The molecular formula is C17H28N2. The number of hydrogen-bond donors (Lipinski definition) is 1. The third-order valence-corrected chi connectivity index (χ3v) is 4.08. The van der Waals surface area contributed by atoms with E-state index in [1.807, 2.05) is 0 Å². The SMILES string of the molecule is CC1CNC(C)CCN(c2cccc(C(C)C)c2)C1. The van der Waals surface area contributed by atoms with Gasteiger partial charge in [-0.3, -0.25) is 0 Å². The van der Waals surface area contributed by atoms with Crippen molar-refractivity contribution >= 4 is 5.69 Å². The van der Waals surface area contributed by atoms with Crippen LogP contribution in [-0.4, -0.2) is 25.7 Å². The van der Waals surface area contributed by atoms with Crippen LogP contribution in [0.3, 0.4) is 0 Å². The van der Waals surface area contributed by atoms with Gasteiger partial charge in [-0.25, -0.2) is 0 Å². The quantitative estimate of drug-likeness (QED) is 0.873. The van der Waals surface area contributed by atoms with Crippen LogP contribution in [0.15, 0.2) is 24.3 Å². The van der Waals surface area contributed by atoms with Crippen molar-refractivity contribution in [3.05, 3.63) is 29.8 Å². The molecule has 1 heterocycles.